The molecule has 0 radical (unpaired) electrons. The summed E-state index contributed by atoms with van der Waals surface area (Å²) in [4.78, 5) is 24.0. The van der Waals surface area contributed by atoms with Crippen molar-refractivity contribution in [1.29, 1.82) is 0 Å². The van der Waals surface area contributed by atoms with E-state index in [0.717, 1.165) is 11.6 Å². The Morgan fingerprint density at radius 3 is 2.45 bits per heavy atom. The first-order valence-electron chi connectivity index (χ1n) is 8.85. The smallest absolute Gasteiger partial charge is 0.262 e. The zero-order valence-electron chi connectivity index (χ0n) is 15.8. The van der Waals surface area contributed by atoms with E-state index in [9.17, 15) is 14.0 Å². The van der Waals surface area contributed by atoms with Crippen molar-refractivity contribution in [2.75, 3.05) is 6.61 Å². The minimum Gasteiger partial charge on any atom is -0.484 e. The van der Waals surface area contributed by atoms with Gasteiger partial charge in [0.1, 0.15) is 11.6 Å². The lowest BCUT2D eigenvalue weighted by atomic mass is 10.1. The number of benzene rings is 2. The van der Waals surface area contributed by atoms with Gasteiger partial charge in [-0.1, -0.05) is 41.9 Å². The summed E-state index contributed by atoms with van der Waals surface area (Å²) >= 11 is 11.4. The second-order valence-corrected chi connectivity index (χ2v) is 7.20. The van der Waals surface area contributed by atoms with Crippen molar-refractivity contribution in [2.45, 2.75) is 25.8 Å². The van der Waals surface area contributed by atoms with E-state index < -0.39 is 11.7 Å². The lowest BCUT2D eigenvalue weighted by Crippen LogP contribution is -2.30. The van der Waals surface area contributed by atoms with Gasteiger partial charge in [0.05, 0.1) is 11.1 Å². The molecule has 0 spiro atoms. The number of halogens is 3. The molecule has 0 aliphatic rings. The van der Waals surface area contributed by atoms with Crippen LogP contribution < -0.4 is 15.4 Å². The zero-order valence-corrected chi connectivity index (χ0v) is 17.3. The fourth-order valence-electron chi connectivity index (χ4n) is 2.42. The molecule has 2 amide bonds. The highest BCUT2D eigenvalue weighted by atomic mass is 35.5. The topological polar surface area (TPSA) is 67.4 Å². The normalized spacial score (nSPS) is 11.4. The van der Waals surface area contributed by atoms with E-state index in [2.05, 4.69) is 17.2 Å². The summed E-state index contributed by atoms with van der Waals surface area (Å²) < 4.78 is 18.5. The molecule has 1 atom stereocenters. The van der Waals surface area contributed by atoms with Gasteiger partial charge in [-0.2, -0.15) is 0 Å². The fraction of sp³-hybridized carbons (Fsp3) is 0.238. The molecule has 154 valence electrons. The van der Waals surface area contributed by atoms with Gasteiger partial charge in [0.2, 0.25) is 5.91 Å². The molecule has 0 aliphatic heterocycles. The van der Waals surface area contributed by atoms with Crippen molar-refractivity contribution >= 4 is 35.0 Å². The van der Waals surface area contributed by atoms with Crippen molar-refractivity contribution < 1.29 is 18.7 Å². The van der Waals surface area contributed by atoms with Gasteiger partial charge in [0.15, 0.2) is 6.61 Å². The second-order valence-electron chi connectivity index (χ2n) is 6.36. The molecule has 2 aromatic carbocycles. The summed E-state index contributed by atoms with van der Waals surface area (Å²) in [6, 6.07) is 10.9. The van der Waals surface area contributed by atoms with Gasteiger partial charge in [-0.05, 0) is 43.2 Å². The van der Waals surface area contributed by atoms with Crippen molar-refractivity contribution in [3.8, 4) is 5.75 Å². The first-order chi connectivity index (χ1) is 13.7. The average Bonchev–Trinajstić information content (AvgIpc) is 2.68. The highest BCUT2D eigenvalue weighted by Gasteiger charge is 2.11. The predicted molar refractivity (Wildman–Crippen MR) is 111 cm³/mol. The van der Waals surface area contributed by atoms with Gasteiger partial charge in [-0.25, -0.2) is 4.39 Å². The standard InChI is InChI=1S/C21H21Cl2FN2O3/c1-13(25-21(28)12-29-17-8-9-18(23)19(24)11-17)3-10-20(27)26-14(2)15-4-6-16(22)7-5-15/h4-9,11,14H,1,3,10,12H2,2H3,(H,25,28)(H,26,27)/t14-/m0/s1. The molecule has 2 N–H and O–H groups in total. The van der Waals surface area contributed by atoms with Gasteiger partial charge in [0, 0.05) is 23.2 Å². The molecule has 8 heteroatoms. The number of carbonyl (C=O) groups is 2. The number of rotatable bonds is 9. The minimum atomic E-state index is -0.632. The van der Waals surface area contributed by atoms with Crippen LogP contribution in [-0.4, -0.2) is 18.4 Å². The second kappa shape index (κ2) is 10.8. The van der Waals surface area contributed by atoms with Crippen LogP contribution in [-0.2, 0) is 9.59 Å². The quantitative estimate of drug-likeness (QED) is 0.590. The molecule has 0 unspecified atom stereocenters. The summed E-state index contributed by atoms with van der Waals surface area (Å²) in [5.74, 6) is -1.08. The largest absolute Gasteiger partial charge is 0.484 e. The Hall–Kier alpha value is -2.57. The molecule has 0 saturated heterocycles. The lowest BCUT2D eigenvalue weighted by molar-refractivity contribution is -0.123. The molecular weight excluding hydrogens is 418 g/mol. The first kappa shape index (κ1) is 22.7. The van der Waals surface area contributed by atoms with Crippen LogP contribution in [0, 0.1) is 5.82 Å². The number of carbonyl (C=O) groups excluding carboxylic acids is 2. The van der Waals surface area contributed by atoms with Crippen LogP contribution in [0.1, 0.15) is 31.4 Å². The van der Waals surface area contributed by atoms with Crippen molar-refractivity contribution in [2.24, 2.45) is 0 Å². The Morgan fingerprint density at radius 2 is 1.79 bits per heavy atom. The molecule has 0 bridgehead atoms. The van der Waals surface area contributed by atoms with Gasteiger partial charge >= 0.3 is 0 Å². The van der Waals surface area contributed by atoms with Crippen LogP contribution in [0.2, 0.25) is 10.0 Å². The highest BCUT2D eigenvalue weighted by Crippen LogP contribution is 2.20. The Kier molecular flexibility index (Phi) is 8.49. The number of ether oxygens (including phenoxy) is 1. The molecule has 2 aromatic rings. The van der Waals surface area contributed by atoms with Gasteiger partial charge in [-0.15, -0.1) is 0 Å². The van der Waals surface area contributed by atoms with Crippen molar-refractivity contribution in [3.05, 3.63) is 76.2 Å². The maximum Gasteiger partial charge on any atom is 0.262 e. The third-order valence-corrected chi connectivity index (χ3v) is 4.54. The Morgan fingerprint density at radius 1 is 1.10 bits per heavy atom. The third-order valence-electron chi connectivity index (χ3n) is 3.98. The van der Waals surface area contributed by atoms with E-state index in [1.54, 1.807) is 12.1 Å². The number of hydrogen-bond acceptors (Lipinski definition) is 3. The monoisotopic (exact) mass is 438 g/mol. The molecule has 0 saturated carbocycles. The Balaban J connectivity index is 1.69. The van der Waals surface area contributed by atoms with E-state index in [1.807, 2.05) is 19.1 Å². The van der Waals surface area contributed by atoms with Crippen LogP contribution in [0.5, 0.6) is 5.75 Å². The zero-order chi connectivity index (χ0) is 21.4. The van der Waals surface area contributed by atoms with Crippen LogP contribution in [0.3, 0.4) is 0 Å². The maximum absolute atomic E-state index is 13.3. The van der Waals surface area contributed by atoms with Gasteiger partial charge in [-0.3, -0.25) is 9.59 Å². The van der Waals surface area contributed by atoms with Crippen LogP contribution in [0.4, 0.5) is 4.39 Å². The van der Waals surface area contributed by atoms with Gasteiger partial charge in [0.25, 0.3) is 5.91 Å². The average molecular weight is 439 g/mol. The van der Waals surface area contributed by atoms with Crippen LogP contribution in [0.25, 0.3) is 0 Å². The number of nitrogens with one attached hydrogen (secondary N) is 2. The molecular formula is C21H21Cl2FN2O3. The SMILES string of the molecule is C=C(CCC(=O)N[C@@H](C)c1ccc(Cl)cc1)NC(=O)COc1ccc(Cl)c(F)c1. The van der Waals surface area contributed by atoms with E-state index in [0.29, 0.717) is 10.7 Å². The number of allylic oxidation sites excluding steroid dienone is 1. The molecule has 29 heavy (non-hydrogen) atoms. The summed E-state index contributed by atoms with van der Waals surface area (Å²) in [6.45, 7) is 5.28. The molecule has 0 heterocycles. The summed E-state index contributed by atoms with van der Waals surface area (Å²) in [7, 11) is 0. The van der Waals surface area contributed by atoms with E-state index in [4.69, 9.17) is 27.9 Å². The van der Waals surface area contributed by atoms with E-state index >= 15 is 0 Å². The van der Waals surface area contributed by atoms with Crippen LogP contribution >= 0.6 is 23.2 Å². The van der Waals surface area contributed by atoms with Crippen molar-refractivity contribution in [1.82, 2.24) is 10.6 Å². The summed E-state index contributed by atoms with van der Waals surface area (Å²) in [5.41, 5.74) is 1.32. The first-order valence-corrected chi connectivity index (χ1v) is 9.60. The minimum absolute atomic E-state index is 0.0289. The lowest BCUT2D eigenvalue weighted by Gasteiger charge is -2.15. The number of amides is 2. The molecule has 0 aliphatic carbocycles. The molecule has 2 rings (SSSR count). The highest BCUT2D eigenvalue weighted by molar-refractivity contribution is 6.30. The molecule has 0 aromatic heterocycles. The number of hydrogen-bond donors (Lipinski definition) is 2. The third kappa shape index (κ3) is 7.75. The van der Waals surface area contributed by atoms with E-state index in [1.165, 1.54) is 12.1 Å². The summed E-state index contributed by atoms with van der Waals surface area (Å²) in [5, 5.41) is 6.02. The summed E-state index contributed by atoms with van der Waals surface area (Å²) in [6.07, 6.45) is 0.445. The Bertz CT molecular complexity index is 888. The Labute approximate surface area is 178 Å². The fourth-order valence-corrected chi connectivity index (χ4v) is 2.67. The molecule has 0 fully saturated rings. The van der Waals surface area contributed by atoms with Gasteiger partial charge < -0.3 is 15.4 Å². The van der Waals surface area contributed by atoms with E-state index in [-0.39, 0.29) is 42.2 Å². The molecule has 5 nitrogen and oxygen atoms in total. The van der Waals surface area contributed by atoms with Crippen LogP contribution in [0.15, 0.2) is 54.7 Å². The van der Waals surface area contributed by atoms with Crippen molar-refractivity contribution in [3.63, 3.8) is 0 Å². The maximum atomic E-state index is 13.3. The predicted octanol–water partition coefficient (Wildman–Crippen LogP) is 4.80.